The van der Waals surface area contributed by atoms with Gasteiger partial charge in [0.1, 0.15) is 11.3 Å². The minimum atomic E-state index is -0.631. The highest BCUT2D eigenvalue weighted by molar-refractivity contribution is 6.32. The Labute approximate surface area is 127 Å². The standard InChI is InChI=1S/C13H18ClN3O4/c1-3-9(4-2)16(5-6-18)13(19)11-7-10(17(20)21)8-15-12(11)14/h7-9,18H,3-6H2,1-2H3. The number of nitro groups is 1. The van der Waals surface area contributed by atoms with Crippen molar-refractivity contribution in [2.24, 2.45) is 0 Å². The zero-order valence-corrected chi connectivity index (χ0v) is 12.7. The fourth-order valence-electron chi connectivity index (χ4n) is 2.13. The Bertz CT molecular complexity index is 520. The Balaban J connectivity index is 3.19. The van der Waals surface area contributed by atoms with Gasteiger partial charge in [-0.15, -0.1) is 0 Å². The summed E-state index contributed by atoms with van der Waals surface area (Å²) in [5.74, 6) is -0.459. The van der Waals surface area contributed by atoms with E-state index in [-0.39, 0.29) is 35.6 Å². The number of amides is 1. The van der Waals surface area contributed by atoms with Crippen LogP contribution in [0.3, 0.4) is 0 Å². The van der Waals surface area contributed by atoms with Gasteiger partial charge in [0.05, 0.1) is 17.1 Å². The van der Waals surface area contributed by atoms with Crippen LogP contribution < -0.4 is 0 Å². The number of hydrogen-bond acceptors (Lipinski definition) is 5. The van der Waals surface area contributed by atoms with Crippen LogP contribution in [0, 0.1) is 10.1 Å². The molecule has 0 aliphatic carbocycles. The van der Waals surface area contributed by atoms with Crippen molar-refractivity contribution < 1.29 is 14.8 Å². The molecule has 0 aliphatic rings. The minimum Gasteiger partial charge on any atom is -0.395 e. The largest absolute Gasteiger partial charge is 0.395 e. The monoisotopic (exact) mass is 315 g/mol. The van der Waals surface area contributed by atoms with Crippen LogP contribution in [-0.2, 0) is 0 Å². The van der Waals surface area contributed by atoms with Crippen LogP contribution >= 0.6 is 11.6 Å². The lowest BCUT2D eigenvalue weighted by Crippen LogP contribution is -2.41. The van der Waals surface area contributed by atoms with E-state index in [9.17, 15) is 14.9 Å². The molecule has 21 heavy (non-hydrogen) atoms. The van der Waals surface area contributed by atoms with Crippen LogP contribution in [0.1, 0.15) is 37.0 Å². The van der Waals surface area contributed by atoms with Crippen LogP contribution in [0.25, 0.3) is 0 Å². The molecule has 116 valence electrons. The molecule has 0 radical (unpaired) electrons. The average Bonchev–Trinajstić information content (AvgIpc) is 2.47. The maximum atomic E-state index is 12.6. The van der Waals surface area contributed by atoms with Gasteiger partial charge in [-0.2, -0.15) is 0 Å². The van der Waals surface area contributed by atoms with Crippen molar-refractivity contribution >= 4 is 23.2 Å². The molecule has 0 spiro atoms. The van der Waals surface area contributed by atoms with Gasteiger partial charge in [0.2, 0.25) is 0 Å². The van der Waals surface area contributed by atoms with Crippen LogP contribution in [0.15, 0.2) is 12.3 Å². The molecule has 0 bridgehead atoms. The van der Waals surface area contributed by atoms with Gasteiger partial charge < -0.3 is 10.0 Å². The van der Waals surface area contributed by atoms with Crippen molar-refractivity contribution in [3.8, 4) is 0 Å². The summed E-state index contributed by atoms with van der Waals surface area (Å²) in [5, 5.41) is 19.8. The molecule has 1 aromatic rings. The number of carbonyl (C=O) groups is 1. The molecule has 0 fully saturated rings. The smallest absolute Gasteiger partial charge is 0.288 e. The lowest BCUT2D eigenvalue weighted by atomic mass is 10.1. The molecular weight excluding hydrogens is 298 g/mol. The molecule has 1 N–H and O–H groups in total. The van der Waals surface area contributed by atoms with Gasteiger partial charge in [0.15, 0.2) is 0 Å². The second kappa shape index (κ2) is 7.90. The van der Waals surface area contributed by atoms with Gasteiger partial charge in [-0.3, -0.25) is 14.9 Å². The van der Waals surface area contributed by atoms with Gasteiger partial charge in [0, 0.05) is 18.7 Å². The van der Waals surface area contributed by atoms with Gasteiger partial charge >= 0.3 is 0 Å². The summed E-state index contributed by atoms with van der Waals surface area (Å²) in [5.41, 5.74) is -0.317. The first-order valence-corrected chi connectivity index (χ1v) is 7.05. The first kappa shape index (κ1) is 17.3. The molecule has 7 nitrogen and oxygen atoms in total. The molecule has 0 saturated carbocycles. The Kier molecular flexibility index (Phi) is 6.51. The predicted octanol–water partition coefficient (Wildman–Crippen LogP) is 2.27. The third-order valence-corrected chi connectivity index (χ3v) is 3.55. The number of pyridine rings is 1. The quantitative estimate of drug-likeness (QED) is 0.473. The molecule has 0 aromatic carbocycles. The second-order valence-electron chi connectivity index (χ2n) is 4.48. The fraction of sp³-hybridized carbons (Fsp3) is 0.538. The van der Waals surface area contributed by atoms with E-state index in [0.717, 1.165) is 12.3 Å². The summed E-state index contributed by atoms with van der Waals surface area (Å²) in [6, 6.07) is 1.05. The third kappa shape index (κ3) is 4.12. The van der Waals surface area contributed by atoms with Gasteiger partial charge in [-0.25, -0.2) is 4.98 Å². The number of halogens is 1. The van der Waals surface area contributed by atoms with E-state index in [2.05, 4.69) is 4.98 Å². The fourth-order valence-corrected chi connectivity index (χ4v) is 2.31. The molecule has 0 atom stereocenters. The van der Waals surface area contributed by atoms with Crippen molar-refractivity contribution in [2.75, 3.05) is 13.2 Å². The topological polar surface area (TPSA) is 96.6 Å². The van der Waals surface area contributed by atoms with Gasteiger partial charge in [-0.1, -0.05) is 25.4 Å². The van der Waals surface area contributed by atoms with E-state index >= 15 is 0 Å². The lowest BCUT2D eigenvalue weighted by Gasteiger charge is -2.30. The number of aliphatic hydroxyl groups excluding tert-OH is 1. The van der Waals surface area contributed by atoms with Crippen molar-refractivity contribution in [3.05, 3.63) is 33.1 Å². The zero-order valence-electron chi connectivity index (χ0n) is 12.0. The molecule has 1 aromatic heterocycles. The number of nitrogens with zero attached hydrogens (tertiary/aromatic N) is 3. The highest BCUT2D eigenvalue weighted by Gasteiger charge is 2.26. The highest BCUT2D eigenvalue weighted by Crippen LogP contribution is 2.22. The molecule has 1 heterocycles. The maximum Gasteiger partial charge on any atom is 0.288 e. The molecular formula is C13H18ClN3O4. The minimum absolute atomic E-state index is 0.0220. The Morgan fingerprint density at radius 1 is 1.52 bits per heavy atom. The number of rotatable bonds is 7. The second-order valence-corrected chi connectivity index (χ2v) is 4.84. The van der Waals surface area contributed by atoms with E-state index in [1.54, 1.807) is 0 Å². The number of aliphatic hydroxyl groups is 1. The Hall–Kier alpha value is -1.73. The van der Waals surface area contributed by atoms with Crippen molar-refractivity contribution in [2.45, 2.75) is 32.7 Å². The predicted molar refractivity (Wildman–Crippen MR) is 78.4 cm³/mol. The van der Waals surface area contributed by atoms with Crippen LogP contribution in [0.2, 0.25) is 5.15 Å². The Morgan fingerprint density at radius 2 is 2.14 bits per heavy atom. The molecule has 0 unspecified atom stereocenters. The van der Waals surface area contributed by atoms with Crippen LogP contribution in [0.5, 0.6) is 0 Å². The van der Waals surface area contributed by atoms with E-state index in [1.807, 2.05) is 13.8 Å². The summed E-state index contributed by atoms with van der Waals surface area (Å²) in [4.78, 5) is 27.9. The summed E-state index contributed by atoms with van der Waals surface area (Å²) in [6.45, 7) is 3.81. The number of aromatic nitrogens is 1. The van der Waals surface area contributed by atoms with E-state index in [0.29, 0.717) is 12.8 Å². The molecule has 8 heteroatoms. The lowest BCUT2D eigenvalue weighted by molar-refractivity contribution is -0.385. The Morgan fingerprint density at radius 3 is 2.62 bits per heavy atom. The van der Waals surface area contributed by atoms with Crippen LogP contribution in [0.4, 0.5) is 5.69 Å². The molecule has 1 amide bonds. The van der Waals surface area contributed by atoms with Gasteiger partial charge in [-0.05, 0) is 12.8 Å². The third-order valence-electron chi connectivity index (χ3n) is 3.25. The first-order chi connectivity index (χ1) is 9.96. The molecule has 1 rings (SSSR count). The van der Waals surface area contributed by atoms with Gasteiger partial charge in [0.25, 0.3) is 11.6 Å². The zero-order chi connectivity index (χ0) is 16.0. The van der Waals surface area contributed by atoms with E-state index in [1.165, 1.54) is 4.90 Å². The molecule has 0 aliphatic heterocycles. The highest BCUT2D eigenvalue weighted by atomic mass is 35.5. The SMILES string of the molecule is CCC(CC)N(CCO)C(=O)c1cc([N+](=O)[O-])cnc1Cl. The van der Waals surface area contributed by atoms with Crippen molar-refractivity contribution in [3.63, 3.8) is 0 Å². The van der Waals surface area contributed by atoms with E-state index < -0.39 is 10.8 Å². The summed E-state index contributed by atoms with van der Waals surface area (Å²) >= 11 is 5.89. The first-order valence-electron chi connectivity index (χ1n) is 6.67. The number of carbonyl (C=O) groups excluding carboxylic acids is 1. The summed E-state index contributed by atoms with van der Waals surface area (Å²) in [7, 11) is 0. The van der Waals surface area contributed by atoms with Crippen molar-refractivity contribution in [1.82, 2.24) is 9.88 Å². The maximum absolute atomic E-state index is 12.6. The molecule has 0 saturated heterocycles. The van der Waals surface area contributed by atoms with E-state index in [4.69, 9.17) is 16.7 Å². The normalized spacial score (nSPS) is 10.7. The van der Waals surface area contributed by atoms with Crippen LogP contribution in [-0.4, -0.2) is 45.0 Å². The number of hydrogen-bond donors (Lipinski definition) is 1. The summed E-state index contributed by atoms with van der Waals surface area (Å²) < 4.78 is 0. The average molecular weight is 316 g/mol. The van der Waals surface area contributed by atoms with Crippen molar-refractivity contribution in [1.29, 1.82) is 0 Å². The summed E-state index contributed by atoms with van der Waals surface area (Å²) in [6.07, 6.45) is 2.43.